The van der Waals surface area contributed by atoms with Crippen LogP contribution in [-0.2, 0) is 9.47 Å². The summed E-state index contributed by atoms with van der Waals surface area (Å²) >= 11 is 1.41. The number of amides is 1. The molecule has 10 heteroatoms. The second-order valence-corrected chi connectivity index (χ2v) is 12.1. The molecule has 1 atom stereocenters. The van der Waals surface area contributed by atoms with E-state index in [4.69, 9.17) is 9.47 Å². The van der Waals surface area contributed by atoms with Gasteiger partial charge in [-0.3, -0.25) is 14.6 Å². The second kappa shape index (κ2) is 10.7. The molecular weight excluding hydrogens is 533 g/mol. The fourth-order valence-corrected chi connectivity index (χ4v) is 7.03. The number of aliphatic hydroxyl groups excluding tert-OH is 1. The summed E-state index contributed by atoms with van der Waals surface area (Å²) in [5, 5.41) is 12.4. The highest BCUT2D eigenvalue weighted by atomic mass is 32.1. The van der Waals surface area contributed by atoms with Crippen LogP contribution in [0.3, 0.4) is 0 Å². The minimum absolute atomic E-state index is 0.0192. The number of carbonyl (C=O) groups excluding carboxylic acids is 2. The van der Waals surface area contributed by atoms with E-state index >= 15 is 4.39 Å². The van der Waals surface area contributed by atoms with Gasteiger partial charge in [0.1, 0.15) is 10.8 Å². The Balaban J connectivity index is 1.45. The van der Waals surface area contributed by atoms with Crippen LogP contribution in [0.25, 0.3) is 22.4 Å². The van der Waals surface area contributed by atoms with E-state index in [1.54, 1.807) is 23.2 Å². The Kier molecular flexibility index (Phi) is 7.20. The normalized spacial score (nSPS) is 20.9. The molecule has 1 N–H and O–H groups in total. The molecule has 2 saturated heterocycles. The topological polar surface area (TPSA) is 92.2 Å². The molecule has 0 bridgehead atoms. The minimum Gasteiger partial charge on any atom is -0.388 e. The second-order valence-electron chi connectivity index (χ2n) is 11.1. The Labute approximate surface area is 236 Å². The molecule has 0 saturated carbocycles. The number of carbonyl (C=O) groups is 2. The van der Waals surface area contributed by atoms with Crippen LogP contribution < -0.4 is 4.90 Å². The van der Waals surface area contributed by atoms with Crippen molar-refractivity contribution in [2.45, 2.75) is 26.4 Å². The van der Waals surface area contributed by atoms with E-state index in [9.17, 15) is 14.7 Å². The maximum atomic E-state index is 15.2. The molecule has 2 fully saturated rings. The lowest BCUT2D eigenvalue weighted by atomic mass is 9.72. The predicted octanol–water partition coefficient (Wildman–Crippen LogP) is 4.57. The number of rotatable bonds is 4. The summed E-state index contributed by atoms with van der Waals surface area (Å²) in [4.78, 5) is 35.3. The van der Waals surface area contributed by atoms with Gasteiger partial charge < -0.3 is 24.4 Å². The van der Waals surface area contributed by atoms with Crippen LogP contribution in [0.4, 0.5) is 9.39 Å². The standard InChI is InChI=1S/C30H32FN3O5S/c1-30(2)17-23(35)26-25(27(30)36)24(29(40-26)34-9-13-39-14-10-34)18-5-6-32-22(16-18)20-15-19(3-4-21(20)31)28(37)33-7-11-38-12-8-33/h3-6,15-16,27,36H,7-14,17H2,1-2H3. The fraction of sp³-hybridized carbons (Fsp3) is 0.433. The number of thiophene rings is 1. The molecule has 1 unspecified atom stereocenters. The molecule has 0 radical (unpaired) electrons. The predicted molar refractivity (Wildman–Crippen MR) is 150 cm³/mol. The Bertz CT molecular complexity index is 1460. The van der Waals surface area contributed by atoms with E-state index in [2.05, 4.69) is 9.88 Å². The number of halogens is 1. The number of hydrogen-bond acceptors (Lipinski definition) is 8. The van der Waals surface area contributed by atoms with Crippen LogP contribution in [0.15, 0.2) is 36.5 Å². The van der Waals surface area contributed by atoms with Crippen molar-refractivity contribution in [3.63, 3.8) is 0 Å². The van der Waals surface area contributed by atoms with Gasteiger partial charge in [0.15, 0.2) is 5.78 Å². The van der Waals surface area contributed by atoms with Crippen LogP contribution in [0, 0.1) is 11.2 Å². The minimum atomic E-state index is -0.843. The number of benzene rings is 1. The first-order chi connectivity index (χ1) is 19.2. The van der Waals surface area contributed by atoms with Gasteiger partial charge in [0.25, 0.3) is 5.91 Å². The number of morpholine rings is 2. The maximum absolute atomic E-state index is 15.2. The molecule has 0 spiro atoms. The van der Waals surface area contributed by atoms with Gasteiger partial charge >= 0.3 is 0 Å². The highest BCUT2D eigenvalue weighted by Gasteiger charge is 2.43. The van der Waals surface area contributed by atoms with Crippen molar-refractivity contribution >= 4 is 28.0 Å². The lowest BCUT2D eigenvalue weighted by Gasteiger charge is -2.35. The number of nitrogens with zero attached hydrogens (tertiary/aromatic N) is 3. The van der Waals surface area contributed by atoms with Crippen molar-refractivity contribution in [3.05, 3.63) is 58.3 Å². The van der Waals surface area contributed by atoms with E-state index in [-0.39, 0.29) is 23.7 Å². The summed E-state index contributed by atoms with van der Waals surface area (Å²) in [6.07, 6.45) is 1.03. The van der Waals surface area contributed by atoms with Gasteiger partial charge in [-0.1, -0.05) is 13.8 Å². The summed E-state index contributed by atoms with van der Waals surface area (Å²) in [5.41, 5.74) is 2.48. The zero-order valence-electron chi connectivity index (χ0n) is 22.6. The van der Waals surface area contributed by atoms with Gasteiger partial charge in [-0.25, -0.2) is 4.39 Å². The molecule has 8 nitrogen and oxygen atoms in total. The molecular formula is C30H32FN3O5S. The van der Waals surface area contributed by atoms with E-state index < -0.39 is 17.3 Å². The Morgan fingerprint density at radius 2 is 1.77 bits per heavy atom. The molecule has 3 aromatic rings. The van der Waals surface area contributed by atoms with Crippen molar-refractivity contribution in [2.24, 2.45) is 5.41 Å². The molecule has 1 amide bonds. The molecule has 2 aliphatic heterocycles. The van der Waals surface area contributed by atoms with Crippen molar-refractivity contribution in [3.8, 4) is 22.4 Å². The van der Waals surface area contributed by atoms with Crippen molar-refractivity contribution in [2.75, 3.05) is 57.5 Å². The lowest BCUT2D eigenvalue weighted by molar-refractivity contribution is 0.0303. The van der Waals surface area contributed by atoms with Crippen molar-refractivity contribution < 1.29 is 28.6 Å². The average Bonchev–Trinajstić information content (AvgIpc) is 3.38. The SMILES string of the molecule is CC1(C)CC(=O)c2sc(N3CCOCC3)c(-c3ccnc(-c4cc(C(=O)N5CCOCC5)ccc4F)c3)c2C1O. The summed E-state index contributed by atoms with van der Waals surface area (Å²) in [5.74, 6) is -0.642. The molecule has 1 aliphatic carbocycles. The number of ketones is 1. The number of Topliss-reactive ketones (excluding diaryl/α,β-unsaturated/α-hetero) is 1. The quantitative estimate of drug-likeness (QED) is 0.496. The number of ether oxygens (including phenoxy) is 2. The Hall–Kier alpha value is -3.18. The lowest BCUT2D eigenvalue weighted by Crippen LogP contribution is -2.40. The summed E-state index contributed by atoms with van der Waals surface area (Å²) < 4.78 is 26.1. The summed E-state index contributed by atoms with van der Waals surface area (Å²) in [6.45, 7) is 8.21. The third kappa shape index (κ3) is 4.83. The van der Waals surface area contributed by atoms with Crippen LogP contribution in [0.2, 0.25) is 0 Å². The first-order valence-electron chi connectivity index (χ1n) is 13.6. The zero-order valence-corrected chi connectivity index (χ0v) is 23.4. The Morgan fingerprint density at radius 1 is 1.07 bits per heavy atom. The van der Waals surface area contributed by atoms with Gasteiger partial charge in [0, 0.05) is 66.5 Å². The number of fused-ring (bicyclic) bond motifs is 1. The molecule has 3 aliphatic rings. The Morgan fingerprint density at radius 3 is 2.50 bits per heavy atom. The van der Waals surface area contributed by atoms with Crippen LogP contribution in [-0.4, -0.2) is 79.3 Å². The number of aromatic nitrogens is 1. The van der Waals surface area contributed by atoms with Gasteiger partial charge in [0.2, 0.25) is 0 Å². The maximum Gasteiger partial charge on any atom is 0.254 e. The first kappa shape index (κ1) is 27.0. The average molecular weight is 566 g/mol. The number of anilines is 1. The van der Waals surface area contributed by atoms with Crippen LogP contribution >= 0.6 is 11.3 Å². The van der Waals surface area contributed by atoms with E-state index in [1.807, 2.05) is 19.9 Å². The molecule has 4 heterocycles. The largest absolute Gasteiger partial charge is 0.388 e. The zero-order chi connectivity index (χ0) is 28.0. The van der Waals surface area contributed by atoms with Crippen LogP contribution in [0.1, 0.15) is 52.0 Å². The summed E-state index contributed by atoms with van der Waals surface area (Å²) in [6, 6.07) is 7.96. The molecule has 6 rings (SSSR count). The van der Waals surface area contributed by atoms with Gasteiger partial charge in [-0.05, 0) is 35.9 Å². The van der Waals surface area contributed by atoms with Gasteiger partial charge in [-0.15, -0.1) is 11.3 Å². The van der Waals surface area contributed by atoms with Gasteiger partial charge in [-0.2, -0.15) is 0 Å². The number of aliphatic hydroxyl groups is 1. The van der Waals surface area contributed by atoms with Crippen molar-refractivity contribution in [1.82, 2.24) is 9.88 Å². The monoisotopic (exact) mass is 565 g/mol. The van der Waals surface area contributed by atoms with Crippen molar-refractivity contribution in [1.29, 1.82) is 0 Å². The third-order valence-electron chi connectivity index (χ3n) is 7.94. The fourth-order valence-electron chi connectivity index (χ4n) is 5.69. The molecule has 1 aromatic carbocycles. The highest BCUT2D eigenvalue weighted by Crippen LogP contribution is 2.54. The van der Waals surface area contributed by atoms with E-state index in [1.165, 1.54) is 23.5 Å². The van der Waals surface area contributed by atoms with E-state index in [0.717, 1.165) is 16.1 Å². The summed E-state index contributed by atoms with van der Waals surface area (Å²) in [7, 11) is 0. The smallest absolute Gasteiger partial charge is 0.254 e. The highest BCUT2D eigenvalue weighted by molar-refractivity contribution is 7.19. The van der Waals surface area contributed by atoms with E-state index in [0.29, 0.717) is 74.3 Å². The number of pyridine rings is 1. The molecule has 2 aromatic heterocycles. The number of hydrogen-bond donors (Lipinski definition) is 1. The first-order valence-corrected chi connectivity index (χ1v) is 14.4. The molecule has 210 valence electrons. The van der Waals surface area contributed by atoms with Crippen LogP contribution in [0.5, 0.6) is 0 Å². The third-order valence-corrected chi connectivity index (χ3v) is 9.25. The molecule has 40 heavy (non-hydrogen) atoms. The van der Waals surface area contributed by atoms with Gasteiger partial charge in [0.05, 0.1) is 43.1 Å².